The van der Waals surface area contributed by atoms with Gasteiger partial charge in [-0.2, -0.15) is 0 Å². The lowest BCUT2D eigenvalue weighted by Crippen LogP contribution is -2.21. The number of nitrogens with two attached hydrogens (primary N) is 1. The first-order valence-corrected chi connectivity index (χ1v) is 7.71. The molecule has 0 radical (unpaired) electrons. The molecule has 0 aliphatic rings. The van der Waals surface area contributed by atoms with E-state index in [1.807, 2.05) is 19.2 Å². The molecule has 1 aromatic heterocycles. The predicted octanol–water partition coefficient (Wildman–Crippen LogP) is 3.11. The van der Waals surface area contributed by atoms with Crippen LogP contribution in [0.4, 0.5) is 11.6 Å². The van der Waals surface area contributed by atoms with E-state index in [-0.39, 0.29) is 0 Å². The highest BCUT2D eigenvalue weighted by Gasteiger charge is 2.14. The van der Waals surface area contributed by atoms with Gasteiger partial charge < -0.3 is 10.3 Å². The standard InChI is InChI=1S/C15H20BrN5/c1-3-4-13-14(20-17)18-10-19-15(13)21(2)9-11-5-7-12(16)8-6-11/h5-8,10H,3-4,9,17H2,1-2H3,(H,18,19,20). The van der Waals surface area contributed by atoms with Crippen molar-refractivity contribution in [2.24, 2.45) is 5.84 Å². The summed E-state index contributed by atoms with van der Waals surface area (Å²) >= 11 is 3.45. The topological polar surface area (TPSA) is 67.1 Å². The minimum absolute atomic E-state index is 0.699. The summed E-state index contributed by atoms with van der Waals surface area (Å²) in [4.78, 5) is 10.7. The molecule has 0 spiro atoms. The number of anilines is 2. The monoisotopic (exact) mass is 349 g/mol. The van der Waals surface area contributed by atoms with E-state index in [9.17, 15) is 0 Å². The molecule has 2 aromatic rings. The number of rotatable bonds is 6. The number of nitrogens with zero attached hydrogens (tertiary/aromatic N) is 3. The summed E-state index contributed by atoms with van der Waals surface area (Å²) in [6.45, 7) is 2.91. The van der Waals surface area contributed by atoms with Crippen molar-refractivity contribution < 1.29 is 0 Å². The van der Waals surface area contributed by atoms with E-state index in [0.717, 1.165) is 35.2 Å². The molecule has 3 N–H and O–H groups in total. The fourth-order valence-corrected chi connectivity index (χ4v) is 2.54. The molecular weight excluding hydrogens is 330 g/mol. The van der Waals surface area contributed by atoms with Gasteiger partial charge in [-0.1, -0.05) is 41.4 Å². The van der Waals surface area contributed by atoms with Crippen LogP contribution in [0.2, 0.25) is 0 Å². The van der Waals surface area contributed by atoms with Crippen LogP contribution in [-0.2, 0) is 13.0 Å². The van der Waals surface area contributed by atoms with Crippen molar-refractivity contribution in [3.8, 4) is 0 Å². The molecule has 5 nitrogen and oxygen atoms in total. The number of benzene rings is 1. The average Bonchev–Trinajstić information content (AvgIpc) is 2.50. The molecule has 0 aliphatic carbocycles. The SMILES string of the molecule is CCCc1c(NN)ncnc1N(C)Cc1ccc(Br)cc1. The fraction of sp³-hybridized carbons (Fsp3) is 0.333. The van der Waals surface area contributed by atoms with Crippen LogP contribution in [0, 0.1) is 0 Å². The van der Waals surface area contributed by atoms with E-state index in [2.05, 4.69) is 55.3 Å². The minimum atomic E-state index is 0.699. The first-order chi connectivity index (χ1) is 10.2. The van der Waals surface area contributed by atoms with E-state index < -0.39 is 0 Å². The fourth-order valence-electron chi connectivity index (χ4n) is 2.28. The zero-order valence-corrected chi connectivity index (χ0v) is 13.9. The van der Waals surface area contributed by atoms with Crippen molar-refractivity contribution in [2.45, 2.75) is 26.3 Å². The molecule has 2 rings (SSSR count). The van der Waals surface area contributed by atoms with Crippen molar-refractivity contribution in [1.82, 2.24) is 9.97 Å². The van der Waals surface area contributed by atoms with Gasteiger partial charge >= 0.3 is 0 Å². The molecule has 0 aliphatic heterocycles. The molecule has 0 saturated carbocycles. The summed E-state index contributed by atoms with van der Waals surface area (Å²) < 4.78 is 1.08. The molecule has 1 heterocycles. The third-order valence-corrected chi connectivity index (χ3v) is 3.78. The van der Waals surface area contributed by atoms with Gasteiger partial charge in [-0.3, -0.25) is 0 Å². The molecule has 21 heavy (non-hydrogen) atoms. The molecule has 0 amide bonds. The van der Waals surface area contributed by atoms with Gasteiger partial charge in [0.15, 0.2) is 0 Å². The smallest absolute Gasteiger partial charge is 0.148 e. The van der Waals surface area contributed by atoms with Gasteiger partial charge in [0.25, 0.3) is 0 Å². The Morgan fingerprint density at radius 2 is 1.95 bits per heavy atom. The number of halogens is 1. The Bertz CT molecular complexity index is 585. The van der Waals surface area contributed by atoms with Crippen LogP contribution in [0.3, 0.4) is 0 Å². The molecule has 0 bridgehead atoms. The van der Waals surface area contributed by atoms with Crippen LogP contribution >= 0.6 is 15.9 Å². The third kappa shape index (κ3) is 3.92. The van der Waals surface area contributed by atoms with Crippen LogP contribution in [0.5, 0.6) is 0 Å². The highest BCUT2D eigenvalue weighted by Crippen LogP contribution is 2.25. The van der Waals surface area contributed by atoms with Gasteiger partial charge in [0.2, 0.25) is 0 Å². The number of aromatic nitrogens is 2. The highest BCUT2D eigenvalue weighted by molar-refractivity contribution is 9.10. The van der Waals surface area contributed by atoms with Crippen LogP contribution < -0.4 is 16.2 Å². The minimum Gasteiger partial charge on any atom is -0.355 e. The zero-order valence-electron chi connectivity index (χ0n) is 12.3. The van der Waals surface area contributed by atoms with Gasteiger partial charge in [-0.15, -0.1) is 0 Å². The van der Waals surface area contributed by atoms with E-state index >= 15 is 0 Å². The number of nitrogens with one attached hydrogen (secondary N) is 1. The Morgan fingerprint density at radius 3 is 2.57 bits per heavy atom. The summed E-state index contributed by atoms with van der Waals surface area (Å²) in [5.74, 6) is 7.17. The van der Waals surface area contributed by atoms with Crippen molar-refractivity contribution in [3.63, 3.8) is 0 Å². The second-order valence-electron chi connectivity index (χ2n) is 4.90. The van der Waals surface area contributed by atoms with Gasteiger partial charge in [-0.05, 0) is 24.1 Å². The number of hydrogen-bond acceptors (Lipinski definition) is 5. The molecule has 112 valence electrons. The molecule has 0 saturated heterocycles. The van der Waals surface area contributed by atoms with Crippen LogP contribution in [0.25, 0.3) is 0 Å². The predicted molar refractivity (Wildman–Crippen MR) is 90.1 cm³/mol. The number of hydrazine groups is 1. The lowest BCUT2D eigenvalue weighted by Gasteiger charge is -2.22. The van der Waals surface area contributed by atoms with Gasteiger partial charge in [-0.25, -0.2) is 15.8 Å². The Kier molecular flexibility index (Phi) is 5.52. The zero-order chi connectivity index (χ0) is 15.2. The quantitative estimate of drug-likeness (QED) is 0.619. The lowest BCUT2D eigenvalue weighted by molar-refractivity contribution is 0.842. The Hall–Kier alpha value is -1.66. The maximum absolute atomic E-state index is 5.56. The Balaban J connectivity index is 2.25. The molecule has 0 atom stereocenters. The van der Waals surface area contributed by atoms with Crippen molar-refractivity contribution >= 4 is 27.6 Å². The summed E-state index contributed by atoms with van der Waals surface area (Å²) in [5, 5.41) is 0. The van der Waals surface area contributed by atoms with E-state index in [0.29, 0.717) is 5.82 Å². The van der Waals surface area contributed by atoms with Crippen molar-refractivity contribution in [3.05, 3.63) is 46.2 Å². The second kappa shape index (κ2) is 7.38. The van der Waals surface area contributed by atoms with E-state index in [1.165, 1.54) is 5.56 Å². The molecule has 0 fully saturated rings. The first kappa shape index (κ1) is 15.7. The van der Waals surface area contributed by atoms with E-state index in [4.69, 9.17) is 5.84 Å². The van der Waals surface area contributed by atoms with E-state index in [1.54, 1.807) is 6.33 Å². The van der Waals surface area contributed by atoms with Crippen LogP contribution in [0.15, 0.2) is 35.1 Å². The molecular formula is C15H20BrN5. The molecule has 1 aromatic carbocycles. The third-order valence-electron chi connectivity index (χ3n) is 3.25. The second-order valence-corrected chi connectivity index (χ2v) is 5.82. The van der Waals surface area contributed by atoms with Gasteiger partial charge in [0, 0.05) is 23.6 Å². The Labute approximate surface area is 133 Å². The first-order valence-electron chi connectivity index (χ1n) is 6.91. The number of nitrogen functional groups attached to an aromatic ring is 1. The lowest BCUT2D eigenvalue weighted by atomic mass is 10.1. The van der Waals surface area contributed by atoms with Crippen LogP contribution in [-0.4, -0.2) is 17.0 Å². The maximum Gasteiger partial charge on any atom is 0.148 e. The van der Waals surface area contributed by atoms with Gasteiger partial charge in [0.05, 0.1) is 0 Å². The summed E-state index contributed by atoms with van der Waals surface area (Å²) in [6, 6.07) is 8.29. The normalized spacial score (nSPS) is 10.5. The highest BCUT2D eigenvalue weighted by atomic mass is 79.9. The van der Waals surface area contributed by atoms with Crippen molar-refractivity contribution in [2.75, 3.05) is 17.4 Å². The average molecular weight is 350 g/mol. The van der Waals surface area contributed by atoms with Crippen LogP contribution in [0.1, 0.15) is 24.5 Å². The summed E-state index contributed by atoms with van der Waals surface area (Å²) in [7, 11) is 2.03. The molecule has 6 heteroatoms. The summed E-state index contributed by atoms with van der Waals surface area (Å²) in [6.07, 6.45) is 3.45. The maximum atomic E-state index is 5.56. The molecule has 0 unspecified atom stereocenters. The van der Waals surface area contributed by atoms with Crippen molar-refractivity contribution in [1.29, 1.82) is 0 Å². The Morgan fingerprint density at radius 1 is 1.24 bits per heavy atom. The summed E-state index contributed by atoms with van der Waals surface area (Å²) in [5.41, 5.74) is 4.95. The van der Waals surface area contributed by atoms with Gasteiger partial charge in [0.1, 0.15) is 18.0 Å². The largest absolute Gasteiger partial charge is 0.355 e. The number of hydrogen-bond donors (Lipinski definition) is 2.